The Kier molecular flexibility index (Phi) is 14.9. The first-order chi connectivity index (χ1) is 27.8. The lowest BCUT2D eigenvalue weighted by Crippen LogP contribution is -2.62. The molecule has 0 fully saturated rings. The van der Waals surface area contributed by atoms with Crippen LogP contribution in [-0.2, 0) is 51.6 Å². The maximum absolute atomic E-state index is 14.3. The van der Waals surface area contributed by atoms with Gasteiger partial charge in [-0.1, -0.05) is 91.0 Å². The van der Waals surface area contributed by atoms with E-state index in [1.165, 1.54) is 39.3 Å². The second-order valence-electron chi connectivity index (χ2n) is 19.3. The minimum atomic E-state index is -3.98. The number of fused-ring (bicyclic) bond motifs is 2. The van der Waals surface area contributed by atoms with Gasteiger partial charge in [0.1, 0.15) is 5.60 Å². The first-order valence-electron chi connectivity index (χ1n) is 21.1. The molecule has 1 atom stereocenters. The van der Waals surface area contributed by atoms with Gasteiger partial charge in [-0.2, -0.15) is 4.31 Å². The van der Waals surface area contributed by atoms with Gasteiger partial charge in [0.05, 0.1) is 27.3 Å². The standard InChI is InChI=1S/C46H65N4O7S3/c1-29(2)27-49(60(54,55)34-17-18-36-39(25-34)59-42(47)48-36)23-21-33(50(46(10,11)53)43(52)57-44(5,6)7)24-32-14-12-31(13-15-32)16-19-38-40(41(51)56-28-30(3)4)35-26-45(8,9)22-20-37(35)58-38/h12-15,17-18,25,29-30,33H,16,19-24,26-28H2,1-11H3,(H2,47,48)/q-1/t33-/m1/s1. The van der Waals surface area contributed by atoms with Crippen molar-refractivity contribution in [3.05, 3.63) is 74.5 Å². The molecule has 0 spiro atoms. The number of thiophene rings is 1. The van der Waals surface area contributed by atoms with Crippen molar-refractivity contribution in [1.82, 2.24) is 14.2 Å². The number of aryl methyl sites for hydroxylation is 3. The molecular formula is C46H65N4O7S3-. The SMILES string of the molecule is CC(C)COC(=O)c1c(CCc2ccc(C[C@@H](CCN(CC(C)C)S(=O)(=O)c3ccc4nc(N)sc4c3)N(C(=O)OC(C)(C)C)C(C)(C)[O-])cc2)sc2c1CC(C)(C)CC2. The number of nitrogen functional groups attached to an aromatic ring is 1. The summed E-state index contributed by atoms with van der Waals surface area (Å²) in [6.45, 7) is 21.3. The largest absolute Gasteiger partial charge is 0.834 e. The van der Waals surface area contributed by atoms with Crippen LogP contribution in [0.2, 0.25) is 0 Å². The van der Waals surface area contributed by atoms with Gasteiger partial charge in [0.25, 0.3) is 0 Å². The van der Waals surface area contributed by atoms with Crippen molar-refractivity contribution in [2.75, 3.05) is 25.4 Å². The molecule has 0 radical (unpaired) electrons. The number of anilines is 1. The van der Waals surface area contributed by atoms with E-state index in [-0.39, 0.29) is 47.6 Å². The van der Waals surface area contributed by atoms with Gasteiger partial charge in [0.15, 0.2) is 5.13 Å². The number of aromatic nitrogens is 1. The fraction of sp³-hybridized carbons (Fsp3) is 0.587. The summed E-state index contributed by atoms with van der Waals surface area (Å²) in [5.74, 6) is 0.0201. The van der Waals surface area contributed by atoms with Gasteiger partial charge < -0.3 is 25.2 Å². The fourth-order valence-corrected chi connectivity index (χ4v) is 11.6. The molecular weight excluding hydrogens is 817 g/mol. The van der Waals surface area contributed by atoms with Crippen molar-refractivity contribution in [3.63, 3.8) is 0 Å². The van der Waals surface area contributed by atoms with E-state index in [0.29, 0.717) is 34.8 Å². The molecule has 0 saturated carbocycles. The zero-order valence-electron chi connectivity index (χ0n) is 37.3. The maximum Gasteiger partial charge on any atom is 0.409 e. The molecule has 2 aromatic heterocycles. The lowest BCUT2D eigenvalue weighted by atomic mass is 9.76. The van der Waals surface area contributed by atoms with Crippen LogP contribution in [-0.4, -0.2) is 71.7 Å². The van der Waals surface area contributed by atoms with Crippen molar-refractivity contribution in [3.8, 4) is 0 Å². The molecule has 60 heavy (non-hydrogen) atoms. The Morgan fingerprint density at radius 1 is 0.967 bits per heavy atom. The first-order valence-corrected chi connectivity index (χ1v) is 24.2. The van der Waals surface area contributed by atoms with Crippen LogP contribution in [0, 0.1) is 17.3 Å². The molecule has 2 aromatic carbocycles. The van der Waals surface area contributed by atoms with Gasteiger partial charge in [0.2, 0.25) is 10.0 Å². The van der Waals surface area contributed by atoms with Crippen LogP contribution >= 0.6 is 22.7 Å². The number of carbonyl (C=O) groups is 2. The molecule has 0 unspecified atom stereocenters. The predicted octanol–water partition coefficient (Wildman–Crippen LogP) is 9.03. The second kappa shape index (κ2) is 18.8. The highest BCUT2D eigenvalue weighted by atomic mass is 32.2. The van der Waals surface area contributed by atoms with E-state index in [9.17, 15) is 23.1 Å². The second-order valence-corrected chi connectivity index (χ2v) is 23.5. The Bertz CT molecular complexity index is 2230. The van der Waals surface area contributed by atoms with Crippen LogP contribution < -0.4 is 10.8 Å². The number of sulfonamides is 1. The Morgan fingerprint density at radius 2 is 1.63 bits per heavy atom. The van der Waals surface area contributed by atoms with Gasteiger partial charge in [-0.05, 0) is 124 Å². The third kappa shape index (κ3) is 12.3. The van der Waals surface area contributed by atoms with Gasteiger partial charge in [-0.15, -0.1) is 11.3 Å². The van der Waals surface area contributed by atoms with Crippen LogP contribution in [0.15, 0.2) is 47.4 Å². The number of nitrogens with zero attached hydrogens (tertiary/aromatic N) is 3. The Labute approximate surface area is 365 Å². The van der Waals surface area contributed by atoms with Crippen LogP contribution in [0.1, 0.15) is 126 Å². The number of benzene rings is 2. The Hall–Kier alpha value is -3.56. The van der Waals surface area contributed by atoms with E-state index in [1.54, 1.807) is 50.3 Å². The minimum absolute atomic E-state index is 0.000278. The highest BCUT2D eigenvalue weighted by molar-refractivity contribution is 7.89. The predicted molar refractivity (Wildman–Crippen MR) is 241 cm³/mol. The topological polar surface area (TPSA) is 155 Å². The molecule has 1 amide bonds. The summed E-state index contributed by atoms with van der Waals surface area (Å²) >= 11 is 2.97. The number of nitrogens with two attached hydrogens (primary N) is 1. The monoisotopic (exact) mass is 881 g/mol. The number of hydrogen-bond acceptors (Lipinski definition) is 11. The van der Waals surface area contributed by atoms with Crippen LogP contribution in [0.25, 0.3) is 10.2 Å². The molecule has 2 N–H and O–H groups in total. The fourth-order valence-electron chi connectivity index (χ4n) is 7.76. The molecule has 5 rings (SSSR count). The van der Waals surface area contributed by atoms with Crippen LogP contribution in [0.5, 0.6) is 0 Å². The van der Waals surface area contributed by atoms with Gasteiger partial charge in [-0.25, -0.2) is 23.0 Å². The first kappa shape index (κ1) is 47.5. The number of hydrogen-bond donors (Lipinski definition) is 1. The minimum Gasteiger partial charge on any atom is -0.834 e. The van der Waals surface area contributed by atoms with E-state index in [1.807, 2.05) is 39.8 Å². The molecule has 0 aliphatic heterocycles. The Morgan fingerprint density at radius 3 is 2.25 bits per heavy atom. The number of esters is 1. The summed E-state index contributed by atoms with van der Waals surface area (Å²) in [5.41, 5.74) is 7.82. The molecule has 14 heteroatoms. The van der Waals surface area contributed by atoms with E-state index < -0.39 is 33.5 Å². The van der Waals surface area contributed by atoms with E-state index in [2.05, 4.69) is 31.0 Å². The zero-order valence-corrected chi connectivity index (χ0v) is 39.8. The molecule has 2 heterocycles. The highest BCUT2D eigenvalue weighted by Gasteiger charge is 2.36. The number of rotatable bonds is 17. The van der Waals surface area contributed by atoms with Crippen LogP contribution in [0.4, 0.5) is 9.93 Å². The van der Waals surface area contributed by atoms with Gasteiger partial charge >= 0.3 is 12.1 Å². The summed E-state index contributed by atoms with van der Waals surface area (Å²) in [6.07, 6.45) is 4.07. The summed E-state index contributed by atoms with van der Waals surface area (Å²) in [4.78, 5) is 35.4. The maximum atomic E-state index is 14.3. The third-order valence-corrected chi connectivity index (χ3v) is 14.6. The van der Waals surface area contributed by atoms with Crippen molar-refractivity contribution >= 4 is 60.1 Å². The number of ether oxygens (including phenoxy) is 2. The number of thiazole rings is 1. The Balaban J connectivity index is 1.41. The van der Waals surface area contributed by atoms with E-state index >= 15 is 0 Å². The average molecular weight is 882 g/mol. The lowest BCUT2D eigenvalue weighted by Gasteiger charge is -2.49. The highest BCUT2D eigenvalue weighted by Crippen LogP contribution is 2.42. The zero-order chi connectivity index (χ0) is 44.4. The van der Waals surface area contributed by atoms with E-state index in [4.69, 9.17) is 15.2 Å². The number of amides is 1. The third-order valence-electron chi connectivity index (χ3n) is 10.6. The van der Waals surface area contributed by atoms with Gasteiger partial charge in [0, 0.05) is 28.9 Å². The quantitative estimate of drug-likeness (QED) is 0.0808. The number of carbonyl (C=O) groups excluding carboxylic acids is 2. The lowest BCUT2D eigenvalue weighted by molar-refractivity contribution is -0.504. The molecule has 1 aliphatic rings. The van der Waals surface area contributed by atoms with Crippen molar-refractivity contribution in [1.29, 1.82) is 0 Å². The van der Waals surface area contributed by atoms with Crippen molar-refractivity contribution in [2.45, 2.75) is 143 Å². The normalized spacial score (nSPS) is 15.1. The molecule has 330 valence electrons. The van der Waals surface area contributed by atoms with Crippen molar-refractivity contribution in [2.24, 2.45) is 17.3 Å². The van der Waals surface area contributed by atoms with Crippen molar-refractivity contribution < 1.29 is 32.6 Å². The molecule has 0 bridgehead atoms. The molecule has 1 aliphatic carbocycles. The van der Waals surface area contributed by atoms with Gasteiger partial charge in [-0.3, -0.25) is 0 Å². The average Bonchev–Trinajstić information content (AvgIpc) is 3.68. The van der Waals surface area contributed by atoms with Crippen LogP contribution in [0.3, 0.4) is 0 Å². The molecule has 11 nitrogen and oxygen atoms in total. The summed E-state index contributed by atoms with van der Waals surface area (Å²) in [5, 5.41) is 14.3. The van der Waals surface area contributed by atoms with E-state index in [0.717, 1.165) is 52.8 Å². The molecule has 4 aromatic rings. The molecule has 0 saturated heterocycles. The summed E-state index contributed by atoms with van der Waals surface area (Å²) < 4.78 is 42.2. The summed E-state index contributed by atoms with van der Waals surface area (Å²) in [7, 11) is -3.98. The summed E-state index contributed by atoms with van der Waals surface area (Å²) in [6, 6.07) is 12.2. The smallest absolute Gasteiger partial charge is 0.409 e.